The van der Waals surface area contributed by atoms with Gasteiger partial charge in [-0.1, -0.05) is 31.4 Å². The number of hydrogen-bond acceptors (Lipinski definition) is 3. The number of hydrogen-bond donors (Lipinski definition) is 1. The zero-order valence-corrected chi connectivity index (χ0v) is 13.1. The Morgan fingerprint density at radius 3 is 2.50 bits per heavy atom. The fourth-order valence-electron chi connectivity index (χ4n) is 2.77. The Labute approximate surface area is 122 Å². The van der Waals surface area contributed by atoms with Crippen LogP contribution in [0.15, 0.2) is 29.2 Å². The topological polar surface area (TPSA) is 63.4 Å². The van der Waals surface area contributed by atoms with Gasteiger partial charge in [0.2, 0.25) is 10.0 Å². The van der Waals surface area contributed by atoms with Gasteiger partial charge in [-0.15, -0.1) is 0 Å². The van der Waals surface area contributed by atoms with E-state index in [4.69, 9.17) is 5.73 Å². The van der Waals surface area contributed by atoms with Crippen LogP contribution < -0.4 is 5.73 Å². The van der Waals surface area contributed by atoms with Crippen LogP contribution in [0, 0.1) is 0 Å². The average molecular weight is 296 g/mol. The summed E-state index contributed by atoms with van der Waals surface area (Å²) in [6, 6.07) is 6.95. The van der Waals surface area contributed by atoms with Gasteiger partial charge in [-0.2, -0.15) is 4.31 Å². The van der Waals surface area contributed by atoms with E-state index in [0.29, 0.717) is 4.90 Å². The fourth-order valence-corrected chi connectivity index (χ4v) is 4.24. The maximum absolute atomic E-state index is 12.7. The highest BCUT2D eigenvalue weighted by atomic mass is 32.2. The molecule has 4 nitrogen and oxygen atoms in total. The van der Waals surface area contributed by atoms with Crippen LogP contribution in [0.2, 0.25) is 0 Å². The Bertz CT molecular complexity index is 549. The van der Waals surface area contributed by atoms with Gasteiger partial charge in [0.25, 0.3) is 0 Å². The maximum atomic E-state index is 12.7. The van der Waals surface area contributed by atoms with Crippen molar-refractivity contribution in [2.24, 2.45) is 5.73 Å². The van der Waals surface area contributed by atoms with Crippen molar-refractivity contribution in [1.82, 2.24) is 4.31 Å². The Balaban J connectivity index is 2.27. The van der Waals surface area contributed by atoms with Gasteiger partial charge in [0.15, 0.2) is 0 Å². The third kappa shape index (κ3) is 3.22. The highest BCUT2D eigenvalue weighted by Crippen LogP contribution is 2.27. The third-order valence-corrected chi connectivity index (χ3v) is 6.06. The van der Waals surface area contributed by atoms with E-state index in [-0.39, 0.29) is 12.1 Å². The predicted molar refractivity (Wildman–Crippen MR) is 80.9 cm³/mol. The highest BCUT2D eigenvalue weighted by Gasteiger charge is 2.29. The van der Waals surface area contributed by atoms with Crippen molar-refractivity contribution >= 4 is 10.0 Å². The number of nitrogens with two attached hydrogens (primary N) is 1. The maximum Gasteiger partial charge on any atom is 0.243 e. The SMILES string of the molecule is CC(N)c1cccc(S(=O)(=O)N(C)C2CCCCC2)c1. The lowest BCUT2D eigenvalue weighted by Crippen LogP contribution is -2.38. The second kappa shape index (κ2) is 6.24. The van der Waals surface area contributed by atoms with Crippen molar-refractivity contribution < 1.29 is 8.42 Å². The zero-order valence-electron chi connectivity index (χ0n) is 12.2. The van der Waals surface area contributed by atoms with Gasteiger partial charge in [0.1, 0.15) is 0 Å². The standard InChI is InChI=1S/C15H24N2O2S/c1-12(16)13-7-6-10-15(11-13)20(18,19)17(2)14-8-4-3-5-9-14/h6-7,10-12,14H,3-5,8-9,16H2,1-2H3. The van der Waals surface area contributed by atoms with E-state index in [1.165, 1.54) is 6.42 Å². The van der Waals surface area contributed by atoms with E-state index in [1.54, 1.807) is 29.6 Å². The summed E-state index contributed by atoms with van der Waals surface area (Å²) >= 11 is 0. The molecule has 0 heterocycles. The summed E-state index contributed by atoms with van der Waals surface area (Å²) in [6.45, 7) is 1.86. The van der Waals surface area contributed by atoms with Gasteiger partial charge in [-0.05, 0) is 37.5 Å². The number of benzene rings is 1. The Morgan fingerprint density at radius 2 is 1.90 bits per heavy atom. The van der Waals surface area contributed by atoms with Gasteiger partial charge in [-0.25, -0.2) is 8.42 Å². The van der Waals surface area contributed by atoms with Crippen molar-refractivity contribution in [3.8, 4) is 0 Å². The molecule has 1 unspecified atom stereocenters. The minimum Gasteiger partial charge on any atom is -0.324 e. The van der Waals surface area contributed by atoms with Crippen molar-refractivity contribution in [3.05, 3.63) is 29.8 Å². The van der Waals surface area contributed by atoms with Crippen LogP contribution in [0.25, 0.3) is 0 Å². The summed E-state index contributed by atoms with van der Waals surface area (Å²) < 4.78 is 26.9. The minimum absolute atomic E-state index is 0.132. The Morgan fingerprint density at radius 1 is 1.25 bits per heavy atom. The summed E-state index contributed by atoms with van der Waals surface area (Å²) in [6.07, 6.45) is 5.37. The second-order valence-corrected chi connectivity index (χ2v) is 7.67. The van der Waals surface area contributed by atoms with Crippen LogP contribution >= 0.6 is 0 Å². The predicted octanol–water partition coefficient (Wildman–Crippen LogP) is 2.66. The van der Waals surface area contributed by atoms with Crippen LogP contribution in [0.5, 0.6) is 0 Å². The first-order valence-electron chi connectivity index (χ1n) is 7.26. The van der Waals surface area contributed by atoms with Crippen LogP contribution in [-0.2, 0) is 10.0 Å². The molecule has 5 heteroatoms. The van der Waals surface area contributed by atoms with E-state index < -0.39 is 10.0 Å². The van der Waals surface area contributed by atoms with Crippen molar-refractivity contribution in [2.75, 3.05) is 7.05 Å². The average Bonchev–Trinajstić information content (AvgIpc) is 2.47. The molecule has 0 spiro atoms. The molecule has 20 heavy (non-hydrogen) atoms. The molecule has 0 saturated heterocycles. The molecule has 1 aromatic carbocycles. The van der Waals surface area contributed by atoms with Gasteiger partial charge in [0.05, 0.1) is 4.90 Å². The molecular weight excluding hydrogens is 272 g/mol. The number of nitrogens with zero attached hydrogens (tertiary/aromatic N) is 1. The van der Waals surface area contributed by atoms with Crippen LogP contribution in [0.3, 0.4) is 0 Å². The first-order valence-corrected chi connectivity index (χ1v) is 8.70. The molecule has 1 aliphatic carbocycles. The lowest BCUT2D eigenvalue weighted by molar-refractivity contribution is 0.286. The molecule has 2 N–H and O–H groups in total. The molecule has 0 aromatic heterocycles. The quantitative estimate of drug-likeness (QED) is 0.929. The van der Waals surface area contributed by atoms with E-state index >= 15 is 0 Å². The zero-order chi connectivity index (χ0) is 14.8. The molecule has 0 radical (unpaired) electrons. The summed E-state index contributed by atoms with van der Waals surface area (Å²) in [5, 5.41) is 0. The highest BCUT2D eigenvalue weighted by molar-refractivity contribution is 7.89. The summed E-state index contributed by atoms with van der Waals surface area (Å²) in [7, 11) is -1.72. The van der Waals surface area contributed by atoms with E-state index in [0.717, 1.165) is 31.2 Å². The van der Waals surface area contributed by atoms with E-state index in [9.17, 15) is 8.42 Å². The normalized spacial score (nSPS) is 19.2. The van der Waals surface area contributed by atoms with Gasteiger partial charge in [-0.3, -0.25) is 0 Å². The van der Waals surface area contributed by atoms with Crippen molar-refractivity contribution in [2.45, 2.75) is 56.0 Å². The molecule has 0 aliphatic heterocycles. The summed E-state index contributed by atoms with van der Waals surface area (Å²) in [4.78, 5) is 0.348. The van der Waals surface area contributed by atoms with Gasteiger partial charge in [0, 0.05) is 19.1 Å². The first-order chi connectivity index (χ1) is 9.43. The third-order valence-electron chi connectivity index (χ3n) is 4.15. The summed E-state index contributed by atoms with van der Waals surface area (Å²) in [5.41, 5.74) is 6.69. The Hall–Kier alpha value is -0.910. The molecule has 1 aromatic rings. The van der Waals surface area contributed by atoms with Crippen molar-refractivity contribution in [1.29, 1.82) is 0 Å². The number of rotatable bonds is 4. The molecule has 0 bridgehead atoms. The van der Waals surface area contributed by atoms with Crippen LogP contribution in [0.1, 0.15) is 50.6 Å². The summed E-state index contributed by atoms with van der Waals surface area (Å²) in [5.74, 6) is 0. The van der Waals surface area contributed by atoms with E-state index in [2.05, 4.69) is 0 Å². The first kappa shape index (κ1) is 15.5. The molecule has 1 saturated carbocycles. The minimum atomic E-state index is -3.42. The van der Waals surface area contributed by atoms with E-state index in [1.807, 2.05) is 13.0 Å². The van der Waals surface area contributed by atoms with Gasteiger partial charge < -0.3 is 5.73 Å². The van der Waals surface area contributed by atoms with Gasteiger partial charge >= 0.3 is 0 Å². The molecular formula is C15H24N2O2S. The molecule has 1 aliphatic rings. The number of sulfonamides is 1. The molecule has 112 valence electrons. The largest absolute Gasteiger partial charge is 0.324 e. The molecule has 1 fully saturated rings. The molecule has 0 amide bonds. The van der Waals surface area contributed by atoms with Crippen LogP contribution in [0.4, 0.5) is 0 Å². The fraction of sp³-hybridized carbons (Fsp3) is 0.600. The smallest absolute Gasteiger partial charge is 0.243 e. The monoisotopic (exact) mass is 296 g/mol. The van der Waals surface area contributed by atoms with Crippen LogP contribution in [-0.4, -0.2) is 25.8 Å². The van der Waals surface area contributed by atoms with Crippen molar-refractivity contribution in [3.63, 3.8) is 0 Å². The lowest BCUT2D eigenvalue weighted by Gasteiger charge is -2.30. The molecule has 1 atom stereocenters. The lowest BCUT2D eigenvalue weighted by atomic mass is 9.96. The second-order valence-electron chi connectivity index (χ2n) is 5.67. The molecule has 2 rings (SSSR count). The Kier molecular flexibility index (Phi) is 4.83.